The summed E-state index contributed by atoms with van der Waals surface area (Å²) in [5.74, 6) is 0.575. The lowest BCUT2D eigenvalue weighted by molar-refractivity contribution is 0.0261. The van der Waals surface area contributed by atoms with Crippen LogP contribution in [-0.4, -0.2) is 29.3 Å². The maximum Gasteiger partial charge on any atom is 0.262 e. The maximum atomic E-state index is 11.9. The Hall–Kier alpha value is -1.40. The third-order valence-corrected chi connectivity index (χ3v) is 3.59. The molecule has 1 aliphatic rings. The molecule has 0 bridgehead atoms. The summed E-state index contributed by atoms with van der Waals surface area (Å²) in [5, 5.41) is 0.497. The summed E-state index contributed by atoms with van der Waals surface area (Å²) < 4.78 is 12.1. The van der Waals surface area contributed by atoms with Gasteiger partial charge >= 0.3 is 0 Å². The molecule has 0 spiro atoms. The van der Waals surface area contributed by atoms with E-state index in [4.69, 9.17) is 9.47 Å². The van der Waals surface area contributed by atoms with Crippen LogP contribution in [0, 0.1) is 0 Å². The van der Waals surface area contributed by atoms with E-state index in [1.54, 1.807) is 6.07 Å². The summed E-state index contributed by atoms with van der Waals surface area (Å²) in [4.78, 5) is 18.7. The summed E-state index contributed by atoms with van der Waals surface area (Å²) in [5.41, 5.74) is 0.444. The highest BCUT2D eigenvalue weighted by atomic mass is 79.9. The van der Waals surface area contributed by atoms with Gasteiger partial charge in [0.15, 0.2) is 0 Å². The quantitative estimate of drug-likeness (QED) is 0.920. The molecule has 1 N–H and O–H groups in total. The highest BCUT2D eigenvalue weighted by Crippen LogP contribution is 2.28. The molecule has 6 heteroatoms. The molecule has 0 atom stereocenters. The Kier molecular flexibility index (Phi) is 3.52. The van der Waals surface area contributed by atoms with Crippen LogP contribution in [0.1, 0.15) is 12.8 Å². The third kappa shape index (κ3) is 2.64. The first-order valence-corrected chi connectivity index (χ1v) is 6.94. The second-order valence-electron chi connectivity index (χ2n) is 4.46. The van der Waals surface area contributed by atoms with E-state index in [1.165, 1.54) is 6.33 Å². The number of nitrogens with zero attached hydrogens (tertiary/aromatic N) is 1. The second-order valence-corrected chi connectivity index (χ2v) is 5.37. The predicted molar refractivity (Wildman–Crippen MR) is 74.5 cm³/mol. The van der Waals surface area contributed by atoms with Crippen molar-refractivity contribution in [2.24, 2.45) is 0 Å². The van der Waals surface area contributed by atoms with Crippen molar-refractivity contribution in [1.29, 1.82) is 0 Å². The minimum absolute atomic E-state index is 0.0888. The van der Waals surface area contributed by atoms with Crippen LogP contribution < -0.4 is 10.3 Å². The predicted octanol–water partition coefficient (Wildman–Crippen LogP) is 2.24. The largest absolute Gasteiger partial charge is 0.489 e. The number of aromatic amines is 1. The van der Waals surface area contributed by atoms with Crippen LogP contribution in [0.25, 0.3) is 10.9 Å². The van der Waals surface area contributed by atoms with Gasteiger partial charge in [-0.05, 0) is 12.1 Å². The van der Waals surface area contributed by atoms with Crippen LogP contribution in [0.4, 0.5) is 0 Å². The van der Waals surface area contributed by atoms with Crippen LogP contribution in [0.2, 0.25) is 0 Å². The molecule has 2 aromatic rings. The first-order chi connectivity index (χ1) is 9.24. The number of H-pyrrole nitrogens is 1. The zero-order valence-corrected chi connectivity index (χ0v) is 11.8. The van der Waals surface area contributed by atoms with E-state index < -0.39 is 0 Å². The van der Waals surface area contributed by atoms with E-state index in [2.05, 4.69) is 25.9 Å². The third-order valence-electron chi connectivity index (χ3n) is 3.13. The van der Waals surface area contributed by atoms with Crippen LogP contribution >= 0.6 is 15.9 Å². The highest BCUT2D eigenvalue weighted by Gasteiger charge is 2.18. The van der Waals surface area contributed by atoms with Gasteiger partial charge in [-0.2, -0.15) is 0 Å². The monoisotopic (exact) mass is 324 g/mol. The SMILES string of the molecule is O=c1[nH]cnc2cc(Br)cc(OC3CCOCC3)c12. The average Bonchev–Trinajstić information content (AvgIpc) is 2.39. The number of aromatic nitrogens is 2. The Bertz CT molecular complexity index is 650. The van der Waals surface area contributed by atoms with Crippen LogP contribution in [0.3, 0.4) is 0 Å². The molecule has 0 aliphatic carbocycles. The summed E-state index contributed by atoms with van der Waals surface area (Å²) in [6, 6.07) is 3.62. The Balaban J connectivity index is 2.03. The molecule has 1 aromatic carbocycles. The molecule has 19 heavy (non-hydrogen) atoms. The van der Waals surface area contributed by atoms with Crippen molar-refractivity contribution < 1.29 is 9.47 Å². The lowest BCUT2D eigenvalue weighted by Crippen LogP contribution is -2.26. The summed E-state index contributed by atoms with van der Waals surface area (Å²) in [6.07, 6.45) is 3.17. The average molecular weight is 325 g/mol. The lowest BCUT2D eigenvalue weighted by Gasteiger charge is -2.23. The number of nitrogens with one attached hydrogen (secondary N) is 1. The fourth-order valence-electron chi connectivity index (χ4n) is 2.20. The van der Waals surface area contributed by atoms with Gasteiger partial charge in [-0.25, -0.2) is 4.98 Å². The molecule has 100 valence electrons. The zero-order chi connectivity index (χ0) is 13.2. The van der Waals surface area contributed by atoms with Crippen molar-refractivity contribution in [2.45, 2.75) is 18.9 Å². The van der Waals surface area contributed by atoms with Gasteiger partial charge in [0.05, 0.1) is 25.1 Å². The standard InChI is InChI=1S/C13H13BrN2O3/c14-8-5-10-12(13(17)16-7-15-10)11(6-8)19-9-1-3-18-4-2-9/h5-7,9H,1-4H2,(H,15,16,17). The van der Waals surface area contributed by atoms with Crippen molar-refractivity contribution in [3.05, 3.63) is 33.3 Å². The molecule has 1 aliphatic heterocycles. The van der Waals surface area contributed by atoms with E-state index >= 15 is 0 Å². The number of rotatable bonds is 2. The molecule has 5 nitrogen and oxygen atoms in total. The van der Waals surface area contributed by atoms with Gasteiger partial charge in [-0.1, -0.05) is 15.9 Å². The van der Waals surface area contributed by atoms with Gasteiger partial charge in [0, 0.05) is 17.3 Å². The summed E-state index contributed by atoms with van der Waals surface area (Å²) in [7, 11) is 0. The number of benzene rings is 1. The maximum absolute atomic E-state index is 11.9. The highest BCUT2D eigenvalue weighted by molar-refractivity contribution is 9.10. The Morgan fingerprint density at radius 3 is 2.95 bits per heavy atom. The van der Waals surface area contributed by atoms with Crippen molar-refractivity contribution >= 4 is 26.8 Å². The molecule has 1 fully saturated rings. The topological polar surface area (TPSA) is 64.2 Å². The molecule has 0 amide bonds. The molecule has 3 rings (SSSR count). The molecule has 1 saturated heterocycles. The van der Waals surface area contributed by atoms with E-state index in [0.717, 1.165) is 17.3 Å². The van der Waals surface area contributed by atoms with Gasteiger partial charge in [0.25, 0.3) is 5.56 Å². The van der Waals surface area contributed by atoms with Gasteiger partial charge < -0.3 is 14.5 Å². The number of halogens is 1. The van der Waals surface area contributed by atoms with Crippen molar-refractivity contribution in [2.75, 3.05) is 13.2 Å². The van der Waals surface area contributed by atoms with E-state index in [1.807, 2.05) is 6.07 Å². The molecular weight excluding hydrogens is 312 g/mol. The Labute approximate surface area is 118 Å². The number of hydrogen-bond acceptors (Lipinski definition) is 4. The van der Waals surface area contributed by atoms with Gasteiger partial charge in [0.2, 0.25) is 0 Å². The van der Waals surface area contributed by atoms with Crippen molar-refractivity contribution in [3.8, 4) is 5.75 Å². The fourth-order valence-corrected chi connectivity index (χ4v) is 2.62. The summed E-state index contributed by atoms with van der Waals surface area (Å²) in [6.45, 7) is 1.40. The van der Waals surface area contributed by atoms with Crippen LogP contribution in [0.15, 0.2) is 27.7 Å². The molecule has 1 aromatic heterocycles. The molecule has 2 heterocycles. The molecule has 0 unspecified atom stereocenters. The van der Waals surface area contributed by atoms with Crippen LogP contribution in [-0.2, 0) is 4.74 Å². The van der Waals surface area contributed by atoms with Gasteiger partial charge in [-0.15, -0.1) is 0 Å². The lowest BCUT2D eigenvalue weighted by atomic mass is 10.1. The normalized spacial score (nSPS) is 16.7. The first kappa shape index (κ1) is 12.6. The smallest absolute Gasteiger partial charge is 0.262 e. The van der Waals surface area contributed by atoms with E-state index in [0.29, 0.717) is 29.9 Å². The fraction of sp³-hybridized carbons (Fsp3) is 0.385. The minimum atomic E-state index is -0.181. The molecule has 0 radical (unpaired) electrons. The van der Waals surface area contributed by atoms with Crippen molar-refractivity contribution in [3.63, 3.8) is 0 Å². The number of hydrogen-bond donors (Lipinski definition) is 1. The summed E-state index contributed by atoms with van der Waals surface area (Å²) >= 11 is 3.42. The van der Waals surface area contributed by atoms with Crippen LogP contribution in [0.5, 0.6) is 5.75 Å². The van der Waals surface area contributed by atoms with Gasteiger partial charge in [-0.3, -0.25) is 4.79 Å². The molecule has 0 saturated carbocycles. The number of ether oxygens (including phenoxy) is 2. The second kappa shape index (κ2) is 5.30. The van der Waals surface area contributed by atoms with Crippen molar-refractivity contribution in [1.82, 2.24) is 9.97 Å². The minimum Gasteiger partial charge on any atom is -0.489 e. The van der Waals surface area contributed by atoms with E-state index in [9.17, 15) is 4.79 Å². The number of fused-ring (bicyclic) bond motifs is 1. The van der Waals surface area contributed by atoms with Gasteiger partial charge in [0.1, 0.15) is 17.2 Å². The first-order valence-electron chi connectivity index (χ1n) is 6.15. The Morgan fingerprint density at radius 2 is 2.16 bits per heavy atom. The Morgan fingerprint density at radius 1 is 1.37 bits per heavy atom. The van der Waals surface area contributed by atoms with E-state index in [-0.39, 0.29) is 11.7 Å². The molecular formula is C13H13BrN2O3. The zero-order valence-electron chi connectivity index (χ0n) is 10.2.